The SMILES string of the molecule is C=CCNCCC1CCC(=O)N1Cc1ccccc1C. The van der Waals surface area contributed by atoms with Crippen molar-refractivity contribution in [3.63, 3.8) is 0 Å². The van der Waals surface area contributed by atoms with Crippen molar-refractivity contribution in [2.75, 3.05) is 13.1 Å². The van der Waals surface area contributed by atoms with Gasteiger partial charge in [0.25, 0.3) is 0 Å². The molecule has 1 amide bonds. The van der Waals surface area contributed by atoms with Crippen LogP contribution < -0.4 is 5.32 Å². The summed E-state index contributed by atoms with van der Waals surface area (Å²) in [6.07, 6.45) is 4.56. The van der Waals surface area contributed by atoms with Crippen LogP contribution in [0.4, 0.5) is 0 Å². The number of amides is 1. The van der Waals surface area contributed by atoms with E-state index in [9.17, 15) is 4.79 Å². The molecule has 0 radical (unpaired) electrons. The second kappa shape index (κ2) is 7.25. The molecule has 0 aromatic heterocycles. The molecule has 1 aliphatic rings. The number of likely N-dealkylation sites (tertiary alicyclic amines) is 1. The Labute approximate surface area is 121 Å². The molecule has 3 heteroatoms. The molecule has 108 valence electrons. The Morgan fingerprint density at radius 3 is 3.00 bits per heavy atom. The highest BCUT2D eigenvalue weighted by molar-refractivity contribution is 5.78. The second-order valence-electron chi connectivity index (χ2n) is 5.42. The number of hydrogen-bond donors (Lipinski definition) is 1. The lowest BCUT2D eigenvalue weighted by molar-refractivity contribution is -0.129. The summed E-state index contributed by atoms with van der Waals surface area (Å²) in [5.74, 6) is 0.293. The summed E-state index contributed by atoms with van der Waals surface area (Å²) in [7, 11) is 0. The molecule has 1 unspecified atom stereocenters. The van der Waals surface area contributed by atoms with Crippen molar-refractivity contribution >= 4 is 5.91 Å². The zero-order valence-electron chi connectivity index (χ0n) is 12.3. The molecule has 1 aromatic rings. The number of carbonyl (C=O) groups is 1. The van der Waals surface area contributed by atoms with Crippen molar-refractivity contribution < 1.29 is 4.79 Å². The minimum atomic E-state index is 0.293. The minimum Gasteiger partial charge on any atom is -0.335 e. The summed E-state index contributed by atoms with van der Waals surface area (Å²) in [6, 6.07) is 8.69. The maximum Gasteiger partial charge on any atom is 0.223 e. The summed E-state index contributed by atoms with van der Waals surface area (Å²) in [6.45, 7) is 8.32. The molecule has 0 bridgehead atoms. The van der Waals surface area contributed by atoms with E-state index >= 15 is 0 Å². The van der Waals surface area contributed by atoms with Crippen molar-refractivity contribution in [3.05, 3.63) is 48.0 Å². The van der Waals surface area contributed by atoms with Crippen LogP contribution in [0.5, 0.6) is 0 Å². The van der Waals surface area contributed by atoms with E-state index in [2.05, 4.69) is 35.9 Å². The second-order valence-corrected chi connectivity index (χ2v) is 5.42. The maximum atomic E-state index is 12.1. The van der Waals surface area contributed by atoms with Crippen LogP contribution in [-0.4, -0.2) is 29.9 Å². The molecule has 0 spiro atoms. The number of nitrogens with one attached hydrogen (secondary N) is 1. The van der Waals surface area contributed by atoms with Gasteiger partial charge in [0.2, 0.25) is 5.91 Å². The Balaban J connectivity index is 1.94. The zero-order chi connectivity index (χ0) is 14.4. The van der Waals surface area contributed by atoms with Gasteiger partial charge in [-0.1, -0.05) is 30.3 Å². The van der Waals surface area contributed by atoms with Crippen LogP contribution in [0, 0.1) is 6.92 Å². The molecular formula is C17H24N2O. The fourth-order valence-electron chi connectivity index (χ4n) is 2.75. The monoisotopic (exact) mass is 272 g/mol. The standard InChI is InChI=1S/C17H24N2O/c1-3-11-18-12-10-16-8-9-17(20)19(16)13-15-7-5-4-6-14(15)2/h3-7,16,18H,1,8-13H2,2H3. The van der Waals surface area contributed by atoms with Crippen molar-refractivity contribution in [3.8, 4) is 0 Å². The first-order chi connectivity index (χ1) is 9.72. The number of nitrogens with zero attached hydrogens (tertiary/aromatic N) is 1. The molecular weight excluding hydrogens is 248 g/mol. The largest absolute Gasteiger partial charge is 0.335 e. The highest BCUT2D eigenvalue weighted by Gasteiger charge is 2.30. The predicted octanol–water partition coefficient (Wildman–Crippen LogP) is 2.65. The van der Waals surface area contributed by atoms with Gasteiger partial charge < -0.3 is 10.2 Å². The lowest BCUT2D eigenvalue weighted by atomic mass is 10.1. The summed E-state index contributed by atoms with van der Waals surface area (Å²) < 4.78 is 0. The average Bonchev–Trinajstić information content (AvgIpc) is 2.79. The van der Waals surface area contributed by atoms with Crippen LogP contribution in [0.25, 0.3) is 0 Å². The van der Waals surface area contributed by atoms with Gasteiger partial charge in [-0.3, -0.25) is 4.79 Å². The Hall–Kier alpha value is -1.61. The third kappa shape index (κ3) is 3.70. The molecule has 1 aliphatic heterocycles. The fraction of sp³-hybridized carbons (Fsp3) is 0.471. The quantitative estimate of drug-likeness (QED) is 0.611. The fourth-order valence-corrected chi connectivity index (χ4v) is 2.75. The van der Waals surface area contributed by atoms with Crippen LogP contribution in [0.15, 0.2) is 36.9 Å². The molecule has 0 saturated carbocycles. The van der Waals surface area contributed by atoms with E-state index in [-0.39, 0.29) is 0 Å². The molecule has 1 aromatic carbocycles. The lowest BCUT2D eigenvalue weighted by Crippen LogP contribution is -2.34. The van der Waals surface area contributed by atoms with Crippen LogP contribution in [-0.2, 0) is 11.3 Å². The molecule has 1 saturated heterocycles. The predicted molar refractivity (Wildman–Crippen MR) is 82.4 cm³/mol. The van der Waals surface area contributed by atoms with Gasteiger partial charge in [-0.25, -0.2) is 0 Å². The van der Waals surface area contributed by atoms with E-state index in [4.69, 9.17) is 0 Å². The summed E-state index contributed by atoms with van der Waals surface area (Å²) >= 11 is 0. The topological polar surface area (TPSA) is 32.3 Å². The smallest absolute Gasteiger partial charge is 0.223 e. The van der Waals surface area contributed by atoms with E-state index < -0.39 is 0 Å². The maximum absolute atomic E-state index is 12.1. The minimum absolute atomic E-state index is 0.293. The van der Waals surface area contributed by atoms with Gasteiger partial charge in [0, 0.05) is 25.6 Å². The normalized spacial score (nSPS) is 18.6. The Morgan fingerprint density at radius 1 is 1.45 bits per heavy atom. The van der Waals surface area contributed by atoms with Crippen LogP contribution in [0.2, 0.25) is 0 Å². The van der Waals surface area contributed by atoms with Gasteiger partial charge >= 0.3 is 0 Å². The molecule has 1 heterocycles. The number of aryl methyl sites for hydroxylation is 1. The third-order valence-corrected chi connectivity index (χ3v) is 4.00. The van der Waals surface area contributed by atoms with Crippen LogP contribution in [0.3, 0.4) is 0 Å². The molecule has 0 aliphatic carbocycles. The number of benzene rings is 1. The summed E-state index contributed by atoms with van der Waals surface area (Å²) in [5, 5.41) is 3.32. The van der Waals surface area contributed by atoms with Crippen molar-refractivity contribution in [1.82, 2.24) is 10.2 Å². The van der Waals surface area contributed by atoms with Crippen molar-refractivity contribution in [2.45, 2.75) is 38.8 Å². The first-order valence-corrected chi connectivity index (χ1v) is 7.38. The van der Waals surface area contributed by atoms with Gasteiger partial charge in [0.1, 0.15) is 0 Å². The summed E-state index contributed by atoms with van der Waals surface area (Å²) in [4.78, 5) is 14.1. The molecule has 2 rings (SSSR count). The molecule has 20 heavy (non-hydrogen) atoms. The van der Waals surface area contributed by atoms with Crippen LogP contribution in [0.1, 0.15) is 30.4 Å². The number of carbonyl (C=O) groups excluding carboxylic acids is 1. The van der Waals surface area contributed by atoms with E-state index in [1.54, 1.807) is 0 Å². The van der Waals surface area contributed by atoms with E-state index in [1.165, 1.54) is 11.1 Å². The average molecular weight is 272 g/mol. The molecule has 1 atom stereocenters. The highest BCUT2D eigenvalue weighted by atomic mass is 16.2. The van der Waals surface area contributed by atoms with E-state index in [0.29, 0.717) is 18.4 Å². The van der Waals surface area contributed by atoms with Gasteiger partial charge in [-0.15, -0.1) is 6.58 Å². The Kier molecular flexibility index (Phi) is 5.36. The van der Waals surface area contributed by atoms with Gasteiger partial charge in [-0.05, 0) is 37.4 Å². The lowest BCUT2D eigenvalue weighted by Gasteiger charge is -2.25. The Morgan fingerprint density at radius 2 is 2.25 bits per heavy atom. The van der Waals surface area contributed by atoms with Gasteiger partial charge in [-0.2, -0.15) is 0 Å². The third-order valence-electron chi connectivity index (χ3n) is 4.00. The first kappa shape index (κ1) is 14.8. The van der Waals surface area contributed by atoms with E-state index in [1.807, 2.05) is 18.2 Å². The highest BCUT2D eigenvalue weighted by Crippen LogP contribution is 2.24. The Bertz CT molecular complexity index is 470. The number of rotatable bonds is 7. The van der Waals surface area contributed by atoms with Crippen LogP contribution >= 0.6 is 0 Å². The zero-order valence-corrected chi connectivity index (χ0v) is 12.3. The first-order valence-electron chi connectivity index (χ1n) is 7.38. The van der Waals surface area contributed by atoms with Crippen molar-refractivity contribution in [1.29, 1.82) is 0 Å². The van der Waals surface area contributed by atoms with Crippen molar-refractivity contribution in [2.24, 2.45) is 0 Å². The van der Waals surface area contributed by atoms with Gasteiger partial charge in [0.05, 0.1) is 0 Å². The molecule has 1 fully saturated rings. The molecule has 1 N–H and O–H groups in total. The summed E-state index contributed by atoms with van der Waals surface area (Å²) in [5.41, 5.74) is 2.52. The number of hydrogen-bond acceptors (Lipinski definition) is 2. The van der Waals surface area contributed by atoms with E-state index in [0.717, 1.165) is 32.5 Å². The molecule has 3 nitrogen and oxygen atoms in total. The van der Waals surface area contributed by atoms with Gasteiger partial charge in [0.15, 0.2) is 0 Å².